The van der Waals surface area contributed by atoms with Crippen molar-refractivity contribution in [3.8, 4) is 0 Å². The molecule has 4 heterocycles. The highest BCUT2D eigenvalue weighted by atomic mass is 16.6. The summed E-state index contributed by atoms with van der Waals surface area (Å²) in [5, 5.41) is 0. The molecule has 24 nitrogen and oxygen atoms in total. The van der Waals surface area contributed by atoms with Gasteiger partial charge in [-0.1, -0.05) is 34.1 Å². The molecule has 10 saturated carbocycles. The molecule has 14 rings (SSSR count). The van der Waals surface area contributed by atoms with Gasteiger partial charge in [0, 0.05) is 47.3 Å². The minimum atomic E-state index is -0.628. The molecule has 14 fully saturated rings. The van der Waals surface area contributed by atoms with Crippen LogP contribution in [0.1, 0.15) is 220 Å². The lowest BCUT2D eigenvalue weighted by Gasteiger charge is -2.33. The average molecular weight is 1420 g/mol. The van der Waals surface area contributed by atoms with E-state index in [9.17, 15) is 57.5 Å². The van der Waals surface area contributed by atoms with Gasteiger partial charge in [0.2, 0.25) is 0 Å². The van der Waals surface area contributed by atoms with Crippen LogP contribution in [0.4, 0.5) is 0 Å². The molecule has 10 aliphatic carbocycles. The zero-order chi connectivity index (χ0) is 73.7. The second-order valence-corrected chi connectivity index (χ2v) is 34.8. The third-order valence-corrected chi connectivity index (χ3v) is 26.1. The van der Waals surface area contributed by atoms with Gasteiger partial charge in [0.25, 0.3) is 0 Å². The van der Waals surface area contributed by atoms with Crippen LogP contribution in [0.3, 0.4) is 0 Å². The van der Waals surface area contributed by atoms with Crippen molar-refractivity contribution < 1.29 is 114 Å². The zero-order valence-corrected chi connectivity index (χ0v) is 62.0. The van der Waals surface area contributed by atoms with Crippen molar-refractivity contribution in [2.24, 2.45) is 116 Å². The number of ether oxygens (including phenoxy) is 12. The molecular weight excluding hydrogens is 1310 g/mol. The van der Waals surface area contributed by atoms with Crippen molar-refractivity contribution in [2.75, 3.05) is 6.61 Å². The van der Waals surface area contributed by atoms with E-state index in [1.54, 1.807) is 27.7 Å². The number of esters is 12. The lowest BCUT2D eigenvalue weighted by atomic mass is 9.78. The highest BCUT2D eigenvalue weighted by molar-refractivity contribution is 5.90. The largest absolute Gasteiger partial charge is 0.466 e. The second kappa shape index (κ2) is 28.6. The van der Waals surface area contributed by atoms with Crippen molar-refractivity contribution >= 4 is 71.6 Å². The number of carbonyl (C=O) groups is 12. The van der Waals surface area contributed by atoms with E-state index in [-0.39, 0.29) is 132 Å². The van der Waals surface area contributed by atoms with Crippen molar-refractivity contribution in [1.29, 1.82) is 0 Å². The molecule has 14 aliphatic rings. The molecule has 0 radical (unpaired) electrons. The first-order chi connectivity index (χ1) is 47.4. The van der Waals surface area contributed by atoms with E-state index in [1.165, 1.54) is 6.42 Å². The molecule has 8 bridgehead atoms. The fourth-order valence-electron chi connectivity index (χ4n) is 18.9. The SMILES string of the molecule is CCC(C)(C)C(=O)OC1C2CC3C1OC(=O)C3C2C(=O)OC(C)(C)C.CCC(C)(C)C(=O)OC1C2CC3C1OC(=O)C3C2C(=O)OC1CCCC1.CCC(C)(C)C(=O)OC1C2CC3C1OC(=O)C3C2C(=O)OC1CCCCC1.CCOC(=O)C1C2CC3C(OC(=O)C31)C2OC(=O)C(C)(C)CC. The molecule has 0 aromatic rings. The van der Waals surface area contributed by atoms with Crippen LogP contribution < -0.4 is 0 Å². The molecule has 0 aromatic heterocycles. The maximum absolute atomic E-state index is 13.0. The van der Waals surface area contributed by atoms with Crippen molar-refractivity contribution in [2.45, 2.75) is 287 Å². The van der Waals surface area contributed by atoms with E-state index in [4.69, 9.17) is 56.8 Å². The van der Waals surface area contributed by atoms with Gasteiger partial charge in [0.15, 0.2) is 0 Å². The van der Waals surface area contributed by atoms with E-state index in [1.807, 2.05) is 83.1 Å². The number of hydrogen-bond donors (Lipinski definition) is 0. The summed E-state index contributed by atoms with van der Waals surface area (Å²) in [6, 6.07) is 0. The highest BCUT2D eigenvalue weighted by Crippen LogP contribution is 2.63. The first-order valence-electron chi connectivity index (χ1n) is 37.9. The first-order valence-corrected chi connectivity index (χ1v) is 37.9. The molecule has 24 unspecified atom stereocenters. The smallest absolute Gasteiger partial charge is 0.311 e. The summed E-state index contributed by atoms with van der Waals surface area (Å²) in [4.78, 5) is 150. The number of carbonyl (C=O) groups excluding carboxylic acids is 12. The first kappa shape index (κ1) is 75.8. The summed E-state index contributed by atoms with van der Waals surface area (Å²) in [6.07, 6.45) is 10.6. The topological polar surface area (TPSA) is 316 Å². The third kappa shape index (κ3) is 14.0. The van der Waals surface area contributed by atoms with Gasteiger partial charge in [-0.15, -0.1) is 0 Å². The van der Waals surface area contributed by atoms with Gasteiger partial charge in [0.05, 0.1) is 75.6 Å². The van der Waals surface area contributed by atoms with Crippen LogP contribution in [0.2, 0.25) is 0 Å². The Morgan fingerprint density at radius 1 is 0.337 bits per heavy atom. The Balaban J connectivity index is 0.000000136. The monoisotopic (exact) mass is 1420 g/mol. The van der Waals surface area contributed by atoms with E-state index in [0.29, 0.717) is 51.4 Å². The maximum Gasteiger partial charge on any atom is 0.311 e. The minimum absolute atomic E-state index is 0.0313. The molecule has 0 amide bonds. The third-order valence-electron chi connectivity index (χ3n) is 26.1. The average Bonchev–Trinajstić information content (AvgIpc) is 1.58. The summed E-state index contributed by atoms with van der Waals surface area (Å²) in [5.41, 5.74) is -3.02. The molecule has 0 spiro atoms. The molecule has 562 valence electrons. The van der Waals surface area contributed by atoms with Crippen LogP contribution in [0.15, 0.2) is 0 Å². The van der Waals surface area contributed by atoms with Crippen LogP contribution in [-0.4, -0.2) is 145 Å². The Morgan fingerprint density at radius 2 is 0.584 bits per heavy atom. The summed E-state index contributed by atoms with van der Waals surface area (Å²) in [5.74, 6) is -8.78. The Bertz CT molecular complexity index is 3230. The fourth-order valence-corrected chi connectivity index (χ4v) is 18.9. The fraction of sp³-hybridized carbons (Fsp3) is 0.844. The van der Waals surface area contributed by atoms with Gasteiger partial charge < -0.3 is 56.8 Å². The molecule has 4 saturated heterocycles. The van der Waals surface area contributed by atoms with Crippen LogP contribution in [0, 0.1) is 116 Å². The van der Waals surface area contributed by atoms with Crippen LogP contribution in [0.25, 0.3) is 0 Å². The van der Waals surface area contributed by atoms with Crippen molar-refractivity contribution in [1.82, 2.24) is 0 Å². The molecule has 101 heavy (non-hydrogen) atoms. The molecular formula is C77H110O24. The van der Waals surface area contributed by atoms with E-state index >= 15 is 0 Å². The van der Waals surface area contributed by atoms with Crippen LogP contribution >= 0.6 is 0 Å². The van der Waals surface area contributed by atoms with E-state index < -0.39 is 129 Å². The predicted octanol–water partition coefficient (Wildman–Crippen LogP) is 9.83. The quantitative estimate of drug-likeness (QED) is 0.0857. The molecule has 24 atom stereocenters. The Kier molecular flexibility index (Phi) is 21.5. The number of rotatable bonds is 19. The Morgan fingerprint density at radius 3 is 0.832 bits per heavy atom. The van der Waals surface area contributed by atoms with Gasteiger partial charge in [-0.3, -0.25) is 57.5 Å². The zero-order valence-electron chi connectivity index (χ0n) is 62.0. The number of hydrogen-bond acceptors (Lipinski definition) is 24. The standard InChI is InChI=1S/C21H30O6.C20H28O6.C19H28O6.C17H24O6/c1-4-21(2,3)20(24)27-17-13-10-12-15(19(23)26-16(12)17)14(13)18(22)25-11-8-6-5-7-9-11;1-4-20(2,3)19(23)26-16-12-9-11-14(18(22)25-15(11)16)13(12)17(21)24-10-7-5-6-8-10;1-7-19(5,6)17(22)24-14-10-8-9-11(15(20)23-13(9)14)12(10)16(21)25-18(2,3)4;1-5-17(3,4)16(20)23-13-8-7-9-11(15(19)22-12(9)13)10(8)14(18)21-6-2/h11-17H,4-10H2,1-3H3;10-16H,4-9H2,1-3H3;9-14H,7-8H2,1-6H3;8-13H,5-7H2,1-4H3. The summed E-state index contributed by atoms with van der Waals surface area (Å²) in [6.45, 7) is 29.8. The van der Waals surface area contributed by atoms with Gasteiger partial charge in [-0.2, -0.15) is 0 Å². The molecule has 0 N–H and O–H groups in total. The van der Waals surface area contributed by atoms with Crippen LogP contribution in [-0.2, 0) is 114 Å². The van der Waals surface area contributed by atoms with Crippen molar-refractivity contribution in [3.63, 3.8) is 0 Å². The summed E-state index contributed by atoms with van der Waals surface area (Å²) < 4.78 is 67.2. The van der Waals surface area contributed by atoms with E-state index in [0.717, 1.165) is 51.4 Å². The summed E-state index contributed by atoms with van der Waals surface area (Å²) in [7, 11) is 0. The number of fused-ring (bicyclic) bond motifs is 4. The molecule has 4 aliphatic heterocycles. The van der Waals surface area contributed by atoms with Crippen LogP contribution in [0.5, 0.6) is 0 Å². The lowest BCUT2D eigenvalue weighted by Crippen LogP contribution is -2.46. The van der Waals surface area contributed by atoms with Gasteiger partial charge >= 0.3 is 71.6 Å². The van der Waals surface area contributed by atoms with Gasteiger partial charge in [0.1, 0.15) is 66.6 Å². The van der Waals surface area contributed by atoms with Gasteiger partial charge in [-0.25, -0.2) is 0 Å². The molecule has 0 aromatic carbocycles. The molecule has 24 heteroatoms. The predicted molar refractivity (Wildman–Crippen MR) is 353 cm³/mol. The normalized spacial score (nSPS) is 37.6. The highest BCUT2D eigenvalue weighted by Gasteiger charge is 2.74. The maximum atomic E-state index is 13.0. The van der Waals surface area contributed by atoms with Gasteiger partial charge in [-0.05, 0) is 186 Å². The van der Waals surface area contributed by atoms with Crippen molar-refractivity contribution in [3.05, 3.63) is 0 Å². The Labute approximate surface area is 593 Å². The summed E-state index contributed by atoms with van der Waals surface area (Å²) >= 11 is 0. The Hall–Kier alpha value is -6.36. The second-order valence-electron chi connectivity index (χ2n) is 34.8. The lowest BCUT2D eigenvalue weighted by molar-refractivity contribution is -0.176. The van der Waals surface area contributed by atoms with E-state index in [2.05, 4.69) is 0 Å². The minimum Gasteiger partial charge on any atom is -0.466 e.